The molecule has 0 spiro atoms. The zero-order chi connectivity index (χ0) is 26.3. The molecular weight excluding hydrogens is 462 g/mol. The summed E-state index contributed by atoms with van der Waals surface area (Å²) < 4.78 is 0. The predicted molar refractivity (Wildman–Crippen MR) is 123 cm³/mol. The first-order chi connectivity index (χ1) is 16.4. The molecule has 1 heterocycles. The largest absolute Gasteiger partial charge is 0.481 e. The molecule has 1 aromatic heterocycles. The van der Waals surface area contributed by atoms with E-state index in [2.05, 4.69) is 20.9 Å². The molecule has 2 rings (SSSR count). The van der Waals surface area contributed by atoms with Gasteiger partial charge in [-0.05, 0) is 31.9 Å². The summed E-state index contributed by atoms with van der Waals surface area (Å²) >= 11 is 0. The van der Waals surface area contributed by atoms with Crippen molar-refractivity contribution >= 4 is 40.6 Å². The fraction of sp³-hybridized carbons (Fsp3) is 0.409. The Labute approximate surface area is 200 Å². The normalized spacial score (nSPS) is 15.3. The SMILES string of the molecule is CC(NC(=O)C(NC(=O)C(CC(=O)O)NC(=O)C(N)Cc1c[nH]c2ccccc12)C(C)O)C(=O)O. The molecule has 0 saturated carbocycles. The molecule has 0 bridgehead atoms. The maximum Gasteiger partial charge on any atom is 0.325 e. The van der Waals surface area contributed by atoms with Crippen molar-refractivity contribution < 1.29 is 39.3 Å². The second-order valence-corrected chi connectivity index (χ2v) is 8.12. The molecule has 0 aliphatic carbocycles. The smallest absolute Gasteiger partial charge is 0.325 e. The fourth-order valence-electron chi connectivity index (χ4n) is 3.32. The average Bonchev–Trinajstić information content (AvgIpc) is 3.18. The molecular formula is C22H29N5O8. The lowest BCUT2D eigenvalue weighted by Crippen LogP contribution is -2.60. The fourth-order valence-corrected chi connectivity index (χ4v) is 3.32. The van der Waals surface area contributed by atoms with Crippen molar-refractivity contribution in [3.8, 4) is 0 Å². The van der Waals surface area contributed by atoms with E-state index in [-0.39, 0.29) is 6.42 Å². The van der Waals surface area contributed by atoms with Gasteiger partial charge in [0.2, 0.25) is 17.7 Å². The number of H-pyrrole nitrogens is 1. The minimum absolute atomic E-state index is 0.100. The van der Waals surface area contributed by atoms with Crippen LogP contribution >= 0.6 is 0 Å². The number of amides is 3. The van der Waals surface area contributed by atoms with Crippen LogP contribution in [0, 0.1) is 0 Å². The first-order valence-corrected chi connectivity index (χ1v) is 10.7. The van der Waals surface area contributed by atoms with E-state index in [4.69, 9.17) is 10.8 Å². The van der Waals surface area contributed by atoms with Gasteiger partial charge in [0.25, 0.3) is 0 Å². The van der Waals surface area contributed by atoms with Crippen molar-refractivity contribution in [3.63, 3.8) is 0 Å². The van der Waals surface area contributed by atoms with Gasteiger partial charge in [0.15, 0.2) is 0 Å². The number of aromatic nitrogens is 1. The van der Waals surface area contributed by atoms with E-state index in [0.717, 1.165) is 16.5 Å². The van der Waals surface area contributed by atoms with Crippen LogP contribution in [-0.2, 0) is 30.4 Å². The van der Waals surface area contributed by atoms with Crippen LogP contribution in [0.25, 0.3) is 10.9 Å². The van der Waals surface area contributed by atoms with E-state index in [9.17, 15) is 34.2 Å². The summed E-state index contributed by atoms with van der Waals surface area (Å²) in [5.41, 5.74) is 7.59. The summed E-state index contributed by atoms with van der Waals surface area (Å²) in [5, 5.41) is 35.4. The van der Waals surface area contributed by atoms with Crippen LogP contribution in [0.5, 0.6) is 0 Å². The number of aliphatic hydroxyl groups excluding tert-OH is 1. The molecule has 3 amide bonds. The molecule has 0 aliphatic heterocycles. The van der Waals surface area contributed by atoms with Crippen LogP contribution in [0.3, 0.4) is 0 Å². The van der Waals surface area contributed by atoms with Crippen molar-refractivity contribution in [3.05, 3.63) is 36.0 Å². The number of nitrogens with two attached hydrogens (primary N) is 1. The monoisotopic (exact) mass is 491 g/mol. The standard InChI is InChI=1S/C22H29N5O8/c1-10(22(34)35)25-21(33)18(11(2)28)27-20(32)16(8-17(29)30)26-19(31)14(23)7-12-9-24-15-6-4-3-5-13(12)15/h3-6,9-11,14,16,18,24,28H,7-8,23H2,1-2H3,(H,25,33)(H,26,31)(H,27,32)(H,29,30)(H,34,35). The lowest BCUT2D eigenvalue weighted by atomic mass is 10.0. The van der Waals surface area contributed by atoms with Crippen LogP contribution in [0.15, 0.2) is 30.5 Å². The van der Waals surface area contributed by atoms with Crippen LogP contribution < -0.4 is 21.7 Å². The number of aliphatic hydroxyl groups is 1. The molecule has 0 aliphatic rings. The Morgan fingerprint density at radius 1 is 0.971 bits per heavy atom. The van der Waals surface area contributed by atoms with Gasteiger partial charge in [-0.3, -0.25) is 24.0 Å². The number of benzene rings is 1. The molecule has 1 aromatic carbocycles. The molecule has 0 saturated heterocycles. The first kappa shape index (κ1) is 27.3. The van der Waals surface area contributed by atoms with Crippen molar-refractivity contribution in [2.45, 2.75) is 57.0 Å². The van der Waals surface area contributed by atoms with Crippen LogP contribution in [0.2, 0.25) is 0 Å². The molecule has 35 heavy (non-hydrogen) atoms. The molecule has 190 valence electrons. The Kier molecular flexibility index (Phi) is 9.31. The highest BCUT2D eigenvalue weighted by molar-refractivity contribution is 5.96. The molecule has 9 N–H and O–H groups in total. The molecule has 0 fully saturated rings. The minimum atomic E-state index is -1.61. The van der Waals surface area contributed by atoms with Gasteiger partial charge < -0.3 is 42.0 Å². The average molecular weight is 492 g/mol. The van der Waals surface area contributed by atoms with E-state index in [1.54, 1.807) is 6.20 Å². The highest BCUT2D eigenvalue weighted by atomic mass is 16.4. The Balaban J connectivity index is 2.10. The van der Waals surface area contributed by atoms with Gasteiger partial charge >= 0.3 is 11.9 Å². The van der Waals surface area contributed by atoms with E-state index in [1.165, 1.54) is 13.8 Å². The van der Waals surface area contributed by atoms with Crippen molar-refractivity contribution in [2.24, 2.45) is 5.73 Å². The Bertz CT molecular complexity index is 1100. The molecule has 13 heteroatoms. The predicted octanol–water partition coefficient (Wildman–Crippen LogP) is -1.55. The number of carboxylic acids is 2. The van der Waals surface area contributed by atoms with E-state index >= 15 is 0 Å². The number of aliphatic carboxylic acids is 2. The Morgan fingerprint density at radius 2 is 1.63 bits per heavy atom. The number of carbonyl (C=O) groups excluding carboxylic acids is 3. The third kappa shape index (κ3) is 7.52. The van der Waals surface area contributed by atoms with Crippen LogP contribution in [-0.4, -0.2) is 80.2 Å². The maximum atomic E-state index is 12.7. The molecule has 5 atom stereocenters. The number of nitrogens with one attached hydrogen (secondary N) is 4. The van der Waals surface area contributed by atoms with Gasteiger partial charge in [-0.1, -0.05) is 18.2 Å². The molecule has 5 unspecified atom stereocenters. The molecule has 13 nitrogen and oxygen atoms in total. The number of rotatable bonds is 12. The molecule has 0 radical (unpaired) electrons. The van der Waals surface area contributed by atoms with Crippen molar-refractivity contribution in [2.75, 3.05) is 0 Å². The van der Waals surface area contributed by atoms with Gasteiger partial charge in [0.05, 0.1) is 18.6 Å². The van der Waals surface area contributed by atoms with Crippen LogP contribution in [0.4, 0.5) is 0 Å². The number of hydrogen-bond donors (Lipinski definition) is 8. The third-order valence-electron chi connectivity index (χ3n) is 5.26. The zero-order valence-electron chi connectivity index (χ0n) is 19.1. The summed E-state index contributed by atoms with van der Waals surface area (Å²) in [6.45, 7) is 2.36. The minimum Gasteiger partial charge on any atom is -0.481 e. The second kappa shape index (κ2) is 11.9. The first-order valence-electron chi connectivity index (χ1n) is 10.7. The topological polar surface area (TPSA) is 224 Å². The van der Waals surface area contributed by atoms with Crippen LogP contribution in [0.1, 0.15) is 25.8 Å². The van der Waals surface area contributed by atoms with Gasteiger partial charge in [-0.25, -0.2) is 0 Å². The van der Waals surface area contributed by atoms with E-state index in [1.807, 2.05) is 24.3 Å². The summed E-state index contributed by atoms with van der Waals surface area (Å²) in [6, 6.07) is 1.72. The number of carbonyl (C=O) groups is 5. The number of para-hydroxylation sites is 1. The summed E-state index contributed by atoms with van der Waals surface area (Å²) in [5.74, 6) is -5.61. The highest BCUT2D eigenvalue weighted by Crippen LogP contribution is 2.18. The number of fused-ring (bicyclic) bond motifs is 1. The molecule has 2 aromatic rings. The van der Waals surface area contributed by atoms with Crippen molar-refractivity contribution in [1.82, 2.24) is 20.9 Å². The number of hydrogen-bond acceptors (Lipinski definition) is 7. The van der Waals surface area contributed by atoms with Gasteiger partial charge in [-0.15, -0.1) is 0 Å². The zero-order valence-corrected chi connectivity index (χ0v) is 19.1. The van der Waals surface area contributed by atoms with E-state index < -0.39 is 66.4 Å². The third-order valence-corrected chi connectivity index (χ3v) is 5.26. The summed E-state index contributed by atoms with van der Waals surface area (Å²) in [7, 11) is 0. The number of carboxylic acid groups (broad SMARTS) is 2. The van der Waals surface area contributed by atoms with E-state index in [0.29, 0.717) is 0 Å². The quantitative estimate of drug-likeness (QED) is 0.172. The van der Waals surface area contributed by atoms with Gasteiger partial charge in [0, 0.05) is 17.1 Å². The highest BCUT2D eigenvalue weighted by Gasteiger charge is 2.33. The lowest BCUT2D eigenvalue weighted by Gasteiger charge is -2.25. The Hall–Kier alpha value is -3.97. The summed E-state index contributed by atoms with van der Waals surface area (Å²) in [6.07, 6.45) is -0.478. The second-order valence-electron chi connectivity index (χ2n) is 8.12. The van der Waals surface area contributed by atoms with Gasteiger partial charge in [-0.2, -0.15) is 0 Å². The van der Waals surface area contributed by atoms with Crippen molar-refractivity contribution in [1.29, 1.82) is 0 Å². The Morgan fingerprint density at radius 3 is 2.23 bits per heavy atom. The maximum absolute atomic E-state index is 12.7. The van der Waals surface area contributed by atoms with Gasteiger partial charge in [0.1, 0.15) is 18.1 Å². The lowest BCUT2D eigenvalue weighted by molar-refractivity contribution is -0.143. The summed E-state index contributed by atoms with van der Waals surface area (Å²) in [4.78, 5) is 63.0. The number of aromatic amines is 1.